The van der Waals surface area contributed by atoms with E-state index >= 15 is 0 Å². The normalized spacial score (nSPS) is 30.3. The van der Waals surface area contributed by atoms with E-state index in [1.165, 1.54) is 0 Å². The Balaban J connectivity index is 1.87. The SMILES string of the molecule is CC1(CNC(=O)[C@@H]2CCCC[C@@H]2C(=O)O)COC1. The summed E-state index contributed by atoms with van der Waals surface area (Å²) in [7, 11) is 0. The van der Waals surface area contributed by atoms with Crippen molar-refractivity contribution in [2.24, 2.45) is 17.3 Å². The molecule has 2 aliphatic rings. The van der Waals surface area contributed by atoms with Crippen LogP contribution in [0.15, 0.2) is 0 Å². The van der Waals surface area contributed by atoms with E-state index in [9.17, 15) is 9.59 Å². The second-order valence-electron chi connectivity index (χ2n) is 5.86. The maximum Gasteiger partial charge on any atom is 0.307 e. The Hall–Kier alpha value is -1.10. The predicted molar refractivity (Wildman–Crippen MR) is 65.0 cm³/mol. The summed E-state index contributed by atoms with van der Waals surface area (Å²) in [5.41, 5.74) is 0.0308. The molecule has 0 spiro atoms. The van der Waals surface area contributed by atoms with Crippen LogP contribution in [-0.2, 0) is 14.3 Å². The highest BCUT2D eigenvalue weighted by molar-refractivity contribution is 5.84. The number of aliphatic carboxylic acids is 1. The van der Waals surface area contributed by atoms with Gasteiger partial charge in [-0.25, -0.2) is 0 Å². The number of hydrogen-bond donors (Lipinski definition) is 2. The number of ether oxygens (including phenoxy) is 1. The summed E-state index contributed by atoms with van der Waals surface area (Å²) in [5.74, 6) is -1.81. The first kappa shape index (κ1) is 13.3. The quantitative estimate of drug-likeness (QED) is 0.786. The number of nitrogens with one attached hydrogen (secondary N) is 1. The minimum atomic E-state index is -0.840. The molecule has 5 heteroatoms. The minimum Gasteiger partial charge on any atom is -0.481 e. The van der Waals surface area contributed by atoms with Crippen LogP contribution in [0.2, 0.25) is 0 Å². The van der Waals surface area contributed by atoms with Gasteiger partial charge in [-0.15, -0.1) is 0 Å². The number of carbonyl (C=O) groups excluding carboxylic acids is 1. The van der Waals surface area contributed by atoms with Gasteiger partial charge >= 0.3 is 5.97 Å². The number of carboxylic acid groups (broad SMARTS) is 1. The van der Waals surface area contributed by atoms with E-state index in [0.29, 0.717) is 32.6 Å². The maximum absolute atomic E-state index is 12.1. The Bertz CT molecular complexity index is 338. The van der Waals surface area contributed by atoms with Crippen molar-refractivity contribution in [2.45, 2.75) is 32.6 Å². The van der Waals surface area contributed by atoms with Gasteiger partial charge in [-0.1, -0.05) is 19.8 Å². The summed E-state index contributed by atoms with van der Waals surface area (Å²) >= 11 is 0. The number of carbonyl (C=O) groups is 2. The molecule has 1 aliphatic heterocycles. The molecule has 2 atom stereocenters. The molecule has 0 aromatic rings. The summed E-state index contributed by atoms with van der Waals surface area (Å²) in [6, 6.07) is 0. The average molecular weight is 255 g/mol. The molecule has 0 aromatic carbocycles. The molecule has 0 bridgehead atoms. The van der Waals surface area contributed by atoms with Crippen molar-refractivity contribution in [3.63, 3.8) is 0 Å². The first-order chi connectivity index (χ1) is 8.52. The molecule has 1 saturated carbocycles. The third-order valence-corrected chi connectivity index (χ3v) is 4.01. The second-order valence-corrected chi connectivity index (χ2v) is 5.86. The average Bonchev–Trinajstić information content (AvgIpc) is 2.33. The van der Waals surface area contributed by atoms with Crippen molar-refractivity contribution < 1.29 is 19.4 Å². The fourth-order valence-corrected chi connectivity index (χ4v) is 2.72. The lowest BCUT2D eigenvalue weighted by Gasteiger charge is -2.38. The topological polar surface area (TPSA) is 75.6 Å². The van der Waals surface area contributed by atoms with E-state index in [0.717, 1.165) is 12.8 Å². The van der Waals surface area contributed by atoms with Crippen molar-refractivity contribution in [3.8, 4) is 0 Å². The second kappa shape index (κ2) is 5.26. The maximum atomic E-state index is 12.1. The fourth-order valence-electron chi connectivity index (χ4n) is 2.72. The summed E-state index contributed by atoms with van der Waals surface area (Å²) in [6.07, 6.45) is 3.17. The molecular weight excluding hydrogens is 234 g/mol. The van der Waals surface area contributed by atoms with Crippen LogP contribution in [0, 0.1) is 17.3 Å². The first-order valence-corrected chi connectivity index (χ1v) is 6.60. The third-order valence-electron chi connectivity index (χ3n) is 4.01. The fraction of sp³-hybridized carbons (Fsp3) is 0.846. The zero-order valence-corrected chi connectivity index (χ0v) is 10.8. The standard InChI is InChI=1S/C13H21NO4/c1-13(7-18-8-13)6-14-11(15)9-4-2-3-5-10(9)12(16)17/h9-10H,2-8H2,1H3,(H,14,15)(H,16,17)/t9-,10+/m1/s1. The van der Waals surface area contributed by atoms with E-state index in [4.69, 9.17) is 9.84 Å². The monoisotopic (exact) mass is 255 g/mol. The molecule has 1 heterocycles. The molecule has 1 amide bonds. The van der Waals surface area contributed by atoms with Crippen molar-refractivity contribution in [2.75, 3.05) is 19.8 Å². The Morgan fingerprint density at radius 3 is 2.39 bits per heavy atom. The molecule has 102 valence electrons. The van der Waals surface area contributed by atoms with Gasteiger partial charge in [-0.3, -0.25) is 9.59 Å². The van der Waals surface area contributed by atoms with Crippen LogP contribution in [0.4, 0.5) is 0 Å². The molecule has 0 aromatic heterocycles. The summed E-state index contributed by atoms with van der Waals surface area (Å²) in [5, 5.41) is 12.0. The largest absolute Gasteiger partial charge is 0.481 e. The van der Waals surface area contributed by atoms with Crippen LogP contribution in [0.1, 0.15) is 32.6 Å². The predicted octanol–water partition coefficient (Wildman–Crippen LogP) is 1.03. The molecule has 0 radical (unpaired) electrons. The molecule has 2 fully saturated rings. The smallest absolute Gasteiger partial charge is 0.307 e. The molecule has 18 heavy (non-hydrogen) atoms. The van der Waals surface area contributed by atoms with Crippen molar-refractivity contribution >= 4 is 11.9 Å². The molecule has 5 nitrogen and oxygen atoms in total. The number of carboxylic acids is 1. The van der Waals surface area contributed by atoms with Gasteiger partial charge in [-0.05, 0) is 12.8 Å². The summed E-state index contributed by atoms with van der Waals surface area (Å²) in [4.78, 5) is 23.2. The third kappa shape index (κ3) is 2.83. The zero-order chi connectivity index (χ0) is 13.2. The van der Waals surface area contributed by atoms with Gasteiger partial charge in [0.05, 0.1) is 25.0 Å². The van der Waals surface area contributed by atoms with Gasteiger partial charge in [0, 0.05) is 12.0 Å². The van der Waals surface area contributed by atoms with Gasteiger partial charge in [0.2, 0.25) is 5.91 Å². The van der Waals surface area contributed by atoms with Crippen molar-refractivity contribution in [1.29, 1.82) is 0 Å². The van der Waals surface area contributed by atoms with E-state index in [1.54, 1.807) is 0 Å². The highest BCUT2D eigenvalue weighted by Crippen LogP contribution is 2.31. The van der Waals surface area contributed by atoms with E-state index < -0.39 is 11.9 Å². The van der Waals surface area contributed by atoms with Crippen LogP contribution in [-0.4, -0.2) is 36.7 Å². The van der Waals surface area contributed by atoms with E-state index in [-0.39, 0.29) is 17.2 Å². The number of hydrogen-bond acceptors (Lipinski definition) is 3. The van der Waals surface area contributed by atoms with Gasteiger partial charge in [0.15, 0.2) is 0 Å². The Labute approximate surface area is 107 Å². The first-order valence-electron chi connectivity index (χ1n) is 6.60. The van der Waals surface area contributed by atoms with Gasteiger partial charge in [0.25, 0.3) is 0 Å². The van der Waals surface area contributed by atoms with Crippen LogP contribution >= 0.6 is 0 Å². The van der Waals surface area contributed by atoms with Crippen LogP contribution in [0.5, 0.6) is 0 Å². The lowest BCUT2D eigenvalue weighted by molar-refractivity contribution is -0.149. The summed E-state index contributed by atoms with van der Waals surface area (Å²) < 4.78 is 5.13. The molecule has 2 rings (SSSR count). The van der Waals surface area contributed by atoms with Gasteiger partial charge in [-0.2, -0.15) is 0 Å². The Morgan fingerprint density at radius 1 is 1.28 bits per heavy atom. The Morgan fingerprint density at radius 2 is 1.89 bits per heavy atom. The minimum absolute atomic E-state index is 0.0308. The lowest BCUT2D eigenvalue weighted by Crippen LogP contribution is -2.50. The molecule has 1 aliphatic carbocycles. The molecular formula is C13H21NO4. The van der Waals surface area contributed by atoms with Crippen LogP contribution in [0.3, 0.4) is 0 Å². The van der Waals surface area contributed by atoms with Crippen LogP contribution < -0.4 is 5.32 Å². The highest BCUT2D eigenvalue weighted by atomic mass is 16.5. The van der Waals surface area contributed by atoms with E-state index in [2.05, 4.69) is 12.2 Å². The van der Waals surface area contributed by atoms with Crippen LogP contribution in [0.25, 0.3) is 0 Å². The van der Waals surface area contributed by atoms with Gasteiger partial charge < -0.3 is 15.2 Å². The van der Waals surface area contributed by atoms with E-state index in [1.807, 2.05) is 0 Å². The molecule has 2 N–H and O–H groups in total. The molecule has 0 unspecified atom stereocenters. The zero-order valence-electron chi connectivity index (χ0n) is 10.8. The Kier molecular flexibility index (Phi) is 3.90. The number of rotatable bonds is 4. The van der Waals surface area contributed by atoms with Crippen molar-refractivity contribution in [3.05, 3.63) is 0 Å². The van der Waals surface area contributed by atoms with Gasteiger partial charge in [0.1, 0.15) is 0 Å². The van der Waals surface area contributed by atoms with Crippen molar-refractivity contribution in [1.82, 2.24) is 5.32 Å². The summed E-state index contributed by atoms with van der Waals surface area (Å²) in [6.45, 7) is 3.97. The highest BCUT2D eigenvalue weighted by Gasteiger charge is 2.38. The lowest BCUT2D eigenvalue weighted by atomic mass is 9.78. The number of amides is 1. The molecule has 1 saturated heterocycles.